The Hall–Kier alpha value is -1.97. The van der Waals surface area contributed by atoms with Crippen molar-refractivity contribution in [3.63, 3.8) is 0 Å². The van der Waals surface area contributed by atoms with Gasteiger partial charge < -0.3 is 14.2 Å². The van der Waals surface area contributed by atoms with Gasteiger partial charge in [-0.15, -0.1) is 6.58 Å². The van der Waals surface area contributed by atoms with E-state index in [1.165, 1.54) is 7.11 Å². The van der Waals surface area contributed by atoms with Crippen LogP contribution in [-0.4, -0.2) is 25.8 Å². The van der Waals surface area contributed by atoms with Crippen LogP contribution in [0.3, 0.4) is 0 Å². The Kier molecular flexibility index (Phi) is 5.93. The zero-order valence-electron chi connectivity index (χ0n) is 11.6. The number of hydrogen-bond donors (Lipinski definition) is 0. The van der Waals surface area contributed by atoms with E-state index in [2.05, 4.69) is 11.3 Å². The number of rotatable bonds is 7. The van der Waals surface area contributed by atoms with Crippen LogP contribution < -0.4 is 9.47 Å². The molecule has 4 nitrogen and oxygen atoms in total. The number of carbonyl (C=O) groups excluding carboxylic acids is 1. The number of esters is 1. The van der Waals surface area contributed by atoms with Gasteiger partial charge in [0.05, 0.1) is 13.7 Å². The van der Waals surface area contributed by atoms with Crippen molar-refractivity contribution in [2.45, 2.75) is 26.4 Å². The smallest absolute Gasteiger partial charge is 0.346 e. The maximum Gasteiger partial charge on any atom is 0.346 e. The average Bonchev–Trinajstić information content (AvgIpc) is 2.41. The highest BCUT2D eigenvalue weighted by atomic mass is 16.6. The molecule has 0 saturated heterocycles. The van der Waals surface area contributed by atoms with Crippen molar-refractivity contribution in [1.29, 1.82) is 0 Å². The normalized spacial score (nSPS) is 11.5. The van der Waals surface area contributed by atoms with E-state index in [1.54, 1.807) is 19.1 Å². The van der Waals surface area contributed by atoms with Crippen LogP contribution in [0.2, 0.25) is 0 Å². The van der Waals surface area contributed by atoms with Crippen LogP contribution in [0, 0.1) is 0 Å². The van der Waals surface area contributed by atoms with E-state index in [0.29, 0.717) is 18.8 Å². The van der Waals surface area contributed by atoms with Crippen molar-refractivity contribution in [3.05, 3.63) is 36.4 Å². The Labute approximate surface area is 114 Å². The molecule has 0 saturated carbocycles. The second-order valence-electron chi connectivity index (χ2n) is 3.98. The van der Waals surface area contributed by atoms with Crippen LogP contribution in [0.15, 0.2) is 30.9 Å². The van der Waals surface area contributed by atoms with Gasteiger partial charge in [0.25, 0.3) is 0 Å². The van der Waals surface area contributed by atoms with Crippen LogP contribution in [0.4, 0.5) is 0 Å². The average molecular weight is 264 g/mol. The quantitative estimate of drug-likeness (QED) is 0.561. The van der Waals surface area contributed by atoms with Gasteiger partial charge in [0.15, 0.2) is 6.10 Å². The summed E-state index contributed by atoms with van der Waals surface area (Å²) < 4.78 is 15.7. The zero-order chi connectivity index (χ0) is 14.3. The number of benzene rings is 1. The van der Waals surface area contributed by atoms with Crippen molar-refractivity contribution in [2.75, 3.05) is 13.7 Å². The third kappa shape index (κ3) is 4.32. The Morgan fingerprint density at radius 2 is 2.21 bits per heavy atom. The SMILES string of the molecule is C=CCc1cc(OCC)ccc1O[C@@H](C)C(=O)OC. The third-order valence-corrected chi connectivity index (χ3v) is 2.54. The van der Waals surface area contributed by atoms with E-state index in [-0.39, 0.29) is 0 Å². The van der Waals surface area contributed by atoms with Gasteiger partial charge in [-0.25, -0.2) is 4.79 Å². The van der Waals surface area contributed by atoms with Crippen LogP contribution in [0.5, 0.6) is 11.5 Å². The summed E-state index contributed by atoms with van der Waals surface area (Å²) in [5.74, 6) is 1.01. The Morgan fingerprint density at radius 3 is 2.79 bits per heavy atom. The molecule has 0 unspecified atom stereocenters. The minimum atomic E-state index is -0.647. The fourth-order valence-corrected chi connectivity index (χ4v) is 1.65. The Morgan fingerprint density at radius 1 is 1.47 bits per heavy atom. The van der Waals surface area contributed by atoms with Crippen LogP contribution in [0.1, 0.15) is 19.4 Å². The fourth-order valence-electron chi connectivity index (χ4n) is 1.65. The number of ether oxygens (including phenoxy) is 3. The standard InChI is InChI=1S/C15H20O4/c1-5-7-12-10-13(18-6-2)8-9-14(12)19-11(3)15(16)17-4/h5,8-11H,1,6-7H2,2-4H3/t11-/m0/s1. The molecule has 0 spiro atoms. The van der Waals surface area contributed by atoms with Gasteiger partial charge in [-0.1, -0.05) is 6.08 Å². The predicted molar refractivity (Wildman–Crippen MR) is 73.6 cm³/mol. The van der Waals surface area contributed by atoms with Crippen molar-refractivity contribution >= 4 is 5.97 Å². The highest BCUT2D eigenvalue weighted by Crippen LogP contribution is 2.26. The maximum atomic E-state index is 11.4. The largest absolute Gasteiger partial charge is 0.494 e. The van der Waals surface area contributed by atoms with E-state index in [1.807, 2.05) is 19.1 Å². The highest BCUT2D eigenvalue weighted by molar-refractivity contribution is 5.74. The summed E-state index contributed by atoms with van der Waals surface area (Å²) >= 11 is 0. The molecule has 19 heavy (non-hydrogen) atoms. The molecule has 0 fully saturated rings. The number of methoxy groups -OCH3 is 1. The first-order valence-corrected chi connectivity index (χ1v) is 6.23. The summed E-state index contributed by atoms with van der Waals surface area (Å²) in [6.45, 7) is 7.90. The number of allylic oxidation sites excluding steroid dienone is 1. The first kappa shape index (κ1) is 15.1. The summed E-state index contributed by atoms with van der Waals surface area (Å²) in [7, 11) is 1.34. The maximum absolute atomic E-state index is 11.4. The molecule has 0 heterocycles. The zero-order valence-corrected chi connectivity index (χ0v) is 11.6. The van der Waals surface area contributed by atoms with Gasteiger partial charge in [0.2, 0.25) is 0 Å². The highest BCUT2D eigenvalue weighted by Gasteiger charge is 2.16. The number of hydrogen-bond acceptors (Lipinski definition) is 4. The van der Waals surface area contributed by atoms with E-state index in [4.69, 9.17) is 9.47 Å². The van der Waals surface area contributed by atoms with Crippen molar-refractivity contribution in [2.24, 2.45) is 0 Å². The minimum Gasteiger partial charge on any atom is -0.494 e. The molecule has 1 aromatic carbocycles. The second kappa shape index (κ2) is 7.46. The topological polar surface area (TPSA) is 44.8 Å². The van der Waals surface area contributed by atoms with Crippen molar-refractivity contribution in [3.8, 4) is 11.5 Å². The fraction of sp³-hybridized carbons (Fsp3) is 0.400. The van der Waals surface area contributed by atoms with Gasteiger partial charge in [0, 0.05) is 5.56 Å². The molecule has 4 heteroatoms. The molecule has 0 N–H and O–H groups in total. The summed E-state index contributed by atoms with van der Waals surface area (Å²) in [5.41, 5.74) is 0.928. The summed E-state index contributed by atoms with van der Waals surface area (Å²) in [6, 6.07) is 5.50. The van der Waals surface area contributed by atoms with E-state index < -0.39 is 12.1 Å². The molecule has 0 aromatic heterocycles. The lowest BCUT2D eigenvalue weighted by Crippen LogP contribution is -2.25. The van der Waals surface area contributed by atoms with Crippen LogP contribution in [0.25, 0.3) is 0 Å². The minimum absolute atomic E-state index is 0.404. The monoisotopic (exact) mass is 264 g/mol. The van der Waals surface area contributed by atoms with Gasteiger partial charge >= 0.3 is 5.97 Å². The van der Waals surface area contributed by atoms with Crippen molar-refractivity contribution in [1.82, 2.24) is 0 Å². The first-order chi connectivity index (χ1) is 9.12. The first-order valence-electron chi connectivity index (χ1n) is 6.23. The molecule has 0 aliphatic carbocycles. The lowest BCUT2D eigenvalue weighted by atomic mass is 10.1. The van der Waals surface area contributed by atoms with Gasteiger partial charge in [0.1, 0.15) is 11.5 Å². The molecule has 0 aliphatic heterocycles. The van der Waals surface area contributed by atoms with Gasteiger partial charge in [-0.05, 0) is 38.5 Å². The van der Waals surface area contributed by atoms with E-state index >= 15 is 0 Å². The molecule has 1 atom stereocenters. The number of carbonyl (C=O) groups is 1. The van der Waals surface area contributed by atoms with E-state index in [9.17, 15) is 4.79 Å². The Balaban J connectivity index is 2.92. The molecule has 0 radical (unpaired) electrons. The molecule has 1 rings (SSSR count). The lowest BCUT2D eigenvalue weighted by Gasteiger charge is -2.16. The summed E-state index contributed by atoms with van der Waals surface area (Å²) in [5, 5.41) is 0. The molecular formula is C15H20O4. The predicted octanol–water partition coefficient (Wildman–Crippen LogP) is 2.75. The summed E-state index contributed by atoms with van der Waals surface area (Å²) in [4.78, 5) is 11.4. The lowest BCUT2D eigenvalue weighted by molar-refractivity contribution is -0.147. The van der Waals surface area contributed by atoms with E-state index in [0.717, 1.165) is 11.3 Å². The van der Waals surface area contributed by atoms with Gasteiger partial charge in [-0.3, -0.25) is 0 Å². The molecule has 0 aliphatic rings. The van der Waals surface area contributed by atoms with Gasteiger partial charge in [-0.2, -0.15) is 0 Å². The van der Waals surface area contributed by atoms with Crippen molar-refractivity contribution < 1.29 is 19.0 Å². The summed E-state index contributed by atoms with van der Waals surface area (Å²) in [6.07, 6.45) is 1.77. The van der Waals surface area contributed by atoms with Crippen LogP contribution >= 0.6 is 0 Å². The Bertz CT molecular complexity index is 440. The molecular weight excluding hydrogens is 244 g/mol. The van der Waals surface area contributed by atoms with Crippen LogP contribution in [-0.2, 0) is 16.0 Å². The second-order valence-corrected chi connectivity index (χ2v) is 3.98. The molecule has 0 bridgehead atoms. The molecule has 0 amide bonds. The third-order valence-electron chi connectivity index (χ3n) is 2.54. The molecule has 1 aromatic rings. The molecule has 104 valence electrons.